The van der Waals surface area contributed by atoms with Crippen molar-refractivity contribution in [2.24, 2.45) is 5.41 Å². The van der Waals surface area contributed by atoms with Crippen molar-refractivity contribution < 1.29 is 19.2 Å². The number of ether oxygens (including phenoxy) is 1. The van der Waals surface area contributed by atoms with E-state index >= 15 is 0 Å². The number of piperidine rings is 1. The first kappa shape index (κ1) is 15.9. The summed E-state index contributed by atoms with van der Waals surface area (Å²) in [6, 6.07) is 0. The Bertz CT molecular complexity index is 317. The number of amides is 1. The van der Waals surface area contributed by atoms with Crippen LogP contribution in [0.1, 0.15) is 33.6 Å². The fourth-order valence-corrected chi connectivity index (χ4v) is 1.90. The summed E-state index contributed by atoms with van der Waals surface area (Å²) < 4.78 is 5.04. The molecule has 0 atom stereocenters. The lowest BCUT2D eigenvalue weighted by Crippen LogP contribution is -2.43. The number of likely N-dealkylation sites (tertiary alicyclic amines) is 1. The van der Waals surface area contributed by atoms with Crippen LogP contribution in [0.5, 0.6) is 0 Å². The molecule has 1 fully saturated rings. The number of aldehydes is 1. The number of hydroxylamine groups is 1. The summed E-state index contributed by atoms with van der Waals surface area (Å²) in [7, 11) is 2.02. The summed E-state index contributed by atoms with van der Waals surface area (Å²) >= 11 is 0. The van der Waals surface area contributed by atoms with Gasteiger partial charge in [0.1, 0.15) is 11.9 Å². The molecule has 1 saturated heterocycles. The first-order valence-corrected chi connectivity index (χ1v) is 6.52. The summed E-state index contributed by atoms with van der Waals surface area (Å²) in [5, 5.41) is 0. The molecule has 0 saturated carbocycles. The molecule has 0 aromatic heterocycles. The Morgan fingerprint density at radius 2 is 1.95 bits per heavy atom. The second kappa shape index (κ2) is 6.34. The molecule has 19 heavy (non-hydrogen) atoms. The van der Waals surface area contributed by atoms with Gasteiger partial charge in [0.2, 0.25) is 0 Å². The first-order valence-electron chi connectivity index (χ1n) is 6.52. The van der Waals surface area contributed by atoms with E-state index in [1.807, 2.05) is 7.05 Å². The van der Waals surface area contributed by atoms with E-state index in [1.165, 1.54) is 0 Å². The van der Waals surface area contributed by atoms with Gasteiger partial charge in [-0.3, -0.25) is 4.84 Å². The van der Waals surface area contributed by atoms with Crippen molar-refractivity contribution in [3.8, 4) is 0 Å². The highest BCUT2D eigenvalue weighted by molar-refractivity contribution is 5.66. The number of carbonyl (C=O) groups excluding carboxylic acids is 2. The van der Waals surface area contributed by atoms with Gasteiger partial charge in [0.15, 0.2) is 0 Å². The fraction of sp³-hybridized carbons (Fsp3) is 0.846. The highest BCUT2D eigenvalue weighted by atomic mass is 16.7. The molecule has 1 aliphatic rings. The van der Waals surface area contributed by atoms with E-state index in [-0.39, 0.29) is 6.61 Å². The highest BCUT2D eigenvalue weighted by Gasteiger charge is 2.34. The zero-order valence-electron chi connectivity index (χ0n) is 12.2. The molecule has 0 aliphatic carbocycles. The van der Waals surface area contributed by atoms with Crippen LogP contribution in [-0.2, 0) is 14.4 Å². The number of rotatable bonds is 4. The summed E-state index contributed by atoms with van der Waals surface area (Å²) in [5.74, 6) is 0. The van der Waals surface area contributed by atoms with Crippen LogP contribution in [-0.4, -0.2) is 49.6 Å². The van der Waals surface area contributed by atoms with Gasteiger partial charge in [-0.1, -0.05) is 0 Å². The van der Waals surface area contributed by atoms with Gasteiger partial charge in [0.25, 0.3) is 0 Å². The number of hydrogen-bond donors (Lipinski definition) is 1. The summed E-state index contributed by atoms with van der Waals surface area (Å²) in [6.07, 6.45) is 1.78. The van der Waals surface area contributed by atoms with Crippen LogP contribution in [0, 0.1) is 5.41 Å². The van der Waals surface area contributed by atoms with Crippen LogP contribution < -0.4 is 5.48 Å². The molecule has 1 amide bonds. The third-order valence-corrected chi connectivity index (χ3v) is 3.15. The van der Waals surface area contributed by atoms with E-state index in [0.29, 0.717) is 0 Å². The number of nitrogens with one attached hydrogen (secondary N) is 1. The molecule has 1 heterocycles. The fourth-order valence-electron chi connectivity index (χ4n) is 1.90. The standard InChI is InChI=1S/C13H24N2O4/c1-12(2,3)19-11(17)14-18-10-13(9-16)5-7-15(4)8-6-13/h9H,5-8,10H2,1-4H3,(H,14,17). The zero-order valence-corrected chi connectivity index (χ0v) is 12.2. The molecular weight excluding hydrogens is 248 g/mol. The van der Waals surface area contributed by atoms with E-state index in [9.17, 15) is 9.59 Å². The molecule has 0 unspecified atom stereocenters. The maximum absolute atomic E-state index is 11.4. The molecule has 6 nitrogen and oxygen atoms in total. The van der Waals surface area contributed by atoms with E-state index < -0.39 is 17.1 Å². The zero-order chi connectivity index (χ0) is 14.5. The van der Waals surface area contributed by atoms with Crippen molar-refractivity contribution in [2.45, 2.75) is 39.2 Å². The van der Waals surface area contributed by atoms with Crippen molar-refractivity contribution in [1.29, 1.82) is 0 Å². The molecule has 1 aliphatic heterocycles. The van der Waals surface area contributed by atoms with Gasteiger partial charge in [-0.25, -0.2) is 4.79 Å². The number of nitrogens with zero attached hydrogens (tertiary/aromatic N) is 1. The molecule has 0 aromatic carbocycles. The van der Waals surface area contributed by atoms with Crippen molar-refractivity contribution >= 4 is 12.4 Å². The lowest BCUT2D eigenvalue weighted by atomic mass is 9.81. The quantitative estimate of drug-likeness (QED) is 0.618. The van der Waals surface area contributed by atoms with Gasteiger partial charge in [-0.2, -0.15) is 5.48 Å². The Labute approximate surface area is 114 Å². The van der Waals surface area contributed by atoms with Crippen LogP contribution in [0.4, 0.5) is 4.79 Å². The molecule has 6 heteroatoms. The monoisotopic (exact) mass is 272 g/mol. The van der Waals surface area contributed by atoms with Gasteiger partial charge in [-0.05, 0) is 53.8 Å². The normalized spacial score (nSPS) is 19.8. The van der Waals surface area contributed by atoms with Crippen LogP contribution in [0.3, 0.4) is 0 Å². The molecule has 0 aromatic rings. The first-order chi connectivity index (χ1) is 8.76. The minimum absolute atomic E-state index is 0.184. The van der Waals surface area contributed by atoms with Crippen LogP contribution in [0.25, 0.3) is 0 Å². The van der Waals surface area contributed by atoms with Crippen molar-refractivity contribution in [3.63, 3.8) is 0 Å². The van der Waals surface area contributed by atoms with E-state index in [0.717, 1.165) is 32.2 Å². The number of hydrogen-bond acceptors (Lipinski definition) is 5. The maximum Gasteiger partial charge on any atom is 0.431 e. The summed E-state index contributed by atoms with van der Waals surface area (Å²) in [4.78, 5) is 29.9. The van der Waals surface area contributed by atoms with Gasteiger partial charge in [0.05, 0.1) is 12.0 Å². The largest absolute Gasteiger partial charge is 0.442 e. The molecule has 0 spiro atoms. The molecule has 110 valence electrons. The molecule has 0 radical (unpaired) electrons. The van der Waals surface area contributed by atoms with Gasteiger partial charge in [0, 0.05) is 0 Å². The molecular formula is C13H24N2O4. The second-order valence-electron chi connectivity index (χ2n) is 6.18. The van der Waals surface area contributed by atoms with Crippen molar-refractivity contribution in [3.05, 3.63) is 0 Å². The van der Waals surface area contributed by atoms with Crippen molar-refractivity contribution in [2.75, 3.05) is 26.7 Å². The predicted molar refractivity (Wildman–Crippen MR) is 70.5 cm³/mol. The second-order valence-corrected chi connectivity index (χ2v) is 6.18. The Kier molecular flexibility index (Phi) is 5.31. The summed E-state index contributed by atoms with van der Waals surface area (Å²) in [5.41, 5.74) is 1.16. The summed E-state index contributed by atoms with van der Waals surface area (Å²) in [6.45, 7) is 7.22. The smallest absolute Gasteiger partial charge is 0.431 e. The van der Waals surface area contributed by atoms with Gasteiger partial charge in [-0.15, -0.1) is 0 Å². The van der Waals surface area contributed by atoms with Gasteiger partial charge < -0.3 is 14.4 Å². The Morgan fingerprint density at radius 1 is 1.37 bits per heavy atom. The SMILES string of the molecule is CN1CCC(C=O)(CONC(=O)OC(C)(C)C)CC1. The lowest BCUT2D eigenvalue weighted by Gasteiger charge is -2.35. The molecule has 0 bridgehead atoms. The predicted octanol–water partition coefficient (Wildman–Crippen LogP) is 1.35. The average molecular weight is 272 g/mol. The van der Waals surface area contributed by atoms with E-state index in [4.69, 9.17) is 9.57 Å². The van der Waals surface area contributed by atoms with Crippen LogP contribution in [0.15, 0.2) is 0 Å². The maximum atomic E-state index is 11.4. The van der Waals surface area contributed by atoms with Crippen LogP contribution in [0.2, 0.25) is 0 Å². The number of carbonyl (C=O) groups is 2. The molecule has 1 rings (SSSR count). The Morgan fingerprint density at radius 3 is 2.42 bits per heavy atom. The third-order valence-electron chi connectivity index (χ3n) is 3.15. The minimum Gasteiger partial charge on any atom is -0.442 e. The van der Waals surface area contributed by atoms with E-state index in [2.05, 4.69) is 10.4 Å². The van der Waals surface area contributed by atoms with Crippen LogP contribution >= 0.6 is 0 Å². The van der Waals surface area contributed by atoms with Crippen molar-refractivity contribution in [1.82, 2.24) is 10.4 Å². The molecule has 1 N–H and O–H groups in total. The third kappa shape index (κ3) is 5.57. The Hall–Kier alpha value is -1.14. The Balaban J connectivity index is 2.34. The van der Waals surface area contributed by atoms with E-state index in [1.54, 1.807) is 20.8 Å². The topological polar surface area (TPSA) is 67.9 Å². The highest BCUT2D eigenvalue weighted by Crippen LogP contribution is 2.28. The average Bonchev–Trinajstić information content (AvgIpc) is 2.30. The van der Waals surface area contributed by atoms with Gasteiger partial charge >= 0.3 is 6.09 Å². The lowest BCUT2D eigenvalue weighted by molar-refractivity contribution is -0.126. The minimum atomic E-state index is -0.638.